The second-order valence-corrected chi connectivity index (χ2v) is 24.4. The van der Waals surface area contributed by atoms with Crippen LogP contribution >= 0.6 is 0 Å². The number of nitrogens with one attached hydrogen (secondary N) is 2. The number of ketones is 1. The lowest BCUT2D eigenvalue weighted by molar-refractivity contribution is -0.285. The van der Waals surface area contributed by atoms with Gasteiger partial charge >= 0.3 is 11.9 Å². The van der Waals surface area contributed by atoms with E-state index < -0.39 is 34.2 Å². The second-order valence-electron chi connectivity index (χ2n) is 24.4. The molecule has 10 nitrogen and oxygen atoms in total. The predicted octanol–water partition coefficient (Wildman–Crippen LogP) is 8.37. The molecule has 2 amide bonds. The van der Waals surface area contributed by atoms with E-state index in [0.29, 0.717) is 37.6 Å². The Balaban J connectivity index is 1.15. The molecule has 60 heavy (non-hydrogen) atoms. The SMILES string of the molecule is CC(C)C1=C2C3CC[C@@H]4C5(C)CC[C@H](OC(=O)[C@H]6C[C@@H](C(=O)O)C6(C)C)C(C)(C)[C@]5(C5CC5)CCC4(C)[C@]3(C)CCC2(CC(=O)NCC(C)(C)NC(=O)CN(C)C)CC1=O. The van der Waals surface area contributed by atoms with E-state index in [1.807, 2.05) is 46.7 Å². The number of esters is 1. The largest absolute Gasteiger partial charge is 0.481 e. The maximum absolute atomic E-state index is 14.2. The van der Waals surface area contributed by atoms with Gasteiger partial charge < -0.3 is 25.4 Å². The monoisotopic (exact) mass is 834 g/mol. The van der Waals surface area contributed by atoms with Crippen LogP contribution in [0.3, 0.4) is 0 Å². The Kier molecular flexibility index (Phi) is 11.1. The highest BCUT2D eigenvalue weighted by atomic mass is 16.5. The number of allylic oxidation sites excluding steroid dienone is 2. The van der Waals surface area contributed by atoms with Crippen molar-refractivity contribution in [2.24, 2.45) is 73.4 Å². The molecule has 0 saturated heterocycles. The van der Waals surface area contributed by atoms with Crippen LogP contribution in [0.4, 0.5) is 0 Å². The zero-order chi connectivity index (χ0) is 44.4. The van der Waals surface area contributed by atoms with E-state index in [-0.39, 0.29) is 75.1 Å². The minimum Gasteiger partial charge on any atom is -0.481 e. The van der Waals surface area contributed by atoms with Crippen molar-refractivity contribution in [1.29, 1.82) is 0 Å². The highest BCUT2D eigenvalue weighted by molar-refractivity contribution is 6.01. The maximum atomic E-state index is 14.2. The normalized spacial score (nSPS) is 40.5. The van der Waals surface area contributed by atoms with Crippen LogP contribution in [0.1, 0.15) is 160 Å². The molecule has 10 heteroatoms. The third kappa shape index (κ3) is 6.58. The van der Waals surface area contributed by atoms with Gasteiger partial charge in [0.15, 0.2) is 5.78 Å². The Bertz CT molecular complexity index is 1840. The number of rotatable bonds is 12. The van der Waals surface area contributed by atoms with Crippen LogP contribution in [0, 0.1) is 73.4 Å². The molecule has 336 valence electrons. The van der Waals surface area contributed by atoms with Gasteiger partial charge in [-0.1, -0.05) is 67.9 Å². The number of carbonyl (C=O) groups is 5. The molecule has 4 unspecified atom stereocenters. The molecule has 3 N–H and O–H groups in total. The second kappa shape index (κ2) is 14.7. The van der Waals surface area contributed by atoms with Crippen LogP contribution in [0.15, 0.2) is 11.1 Å². The average Bonchev–Trinajstić information content (AvgIpc) is 3.91. The third-order valence-corrected chi connectivity index (χ3v) is 19.6. The molecule has 7 aliphatic rings. The van der Waals surface area contributed by atoms with Crippen LogP contribution in [0.2, 0.25) is 0 Å². The smallest absolute Gasteiger partial charge is 0.309 e. The maximum Gasteiger partial charge on any atom is 0.309 e. The number of likely N-dealkylation sites (N-methyl/N-ethyl adjacent to an activating group) is 1. The quantitative estimate of drug-likeness (QED) is 0.167. The lowest BCUT2D eigenvalue weighted by atomic mass is 9.28. The van der Waals surface area contributed by atoms with Gasteiger partial charge in [0, 0.05) is 30.2 Å². The number of hydrogen-bond donors (Lipinski definition) is 3. The summed E-state index contributed by atoms with van der Waals surface area (Å²) in [6.07, 6.45) is 11.2. The fraction of sp³-hybridized carbons (Fsp3) is 0.860. The van der Waals surface area contributed by atoms with Crippen molar-refractivity contribution in [3.05, 3.63) is 11.1 Å². The van der Waals surface area contributed by atoms with E-state index in [1.54, 1.807) is 0 Å². The molecular weight excluding hydrogens is 755 g/mol. The van der Waals surface area contributed by atoms with Gasteiger partial charge in [0.25, 0.3) is 0 Å². The highest BCUT2D eigenvalue weighted by Crippen LogP contribution is 2.83. The summed E-state index contributed by atoms with van der Waals surface area (Å²) in [5.74, 6) is -0.491. The van der Waals surface area contributed by atoms with Gasteiger partial charge in [-0.25, -0.2) is 0 Å². The van der Waals surface area contributed by atoms with E-state index in [9.17, 15) is 29.1 Å². The number of carboxylic acid groups (broad SMARTS) is 1. The number of amides is 2. The van der Waals surface area contributed by atoms with Crippen LogP contribution in [0.5, 0.6) is 0 Å². The van der Waals surface area contributed by atoms with Crippen molar-refractivity contribution in [1.82, 2.24) is 15.5 Å². The topological polar surface area (TPSA) is 142 Å². The van der Waals surface area contributed by atoms with Gasteiger partial charge in [0.1, 0.15) is 6.10 Å². The Hall–Kier alpha value is -2.75. The first-order valence-electron chi connectivity index (χ1n) is 23.6. The Morgan fingerprint density at radius 1 is 0.833 bits per heavy atom. The highest BCUT2D eigenvalue weighted by Gasteiger charge is 2.77. The standard InChI is InChI=1S/C50H79N3O7/c1-29(2)39-34(54)25-49(26-37(55)51-28-43(3,4)52-38(56)27-53(12)13)22-20-46(9)31(40(39)49)16-17-35-47(46,10)21-23-50(30-14-15-30)45(7,8)36(18-19-48(35,50)11)60-42(59)33-24-32(41(57)58)44(33,5)6/h29-33,35-36H,14-28H2,1-13H3,(H,51,55)(H,52,56)(H,57,58)/t31?,32-,33+,35-,36-,46+,47?,48?,49?,50+/m0/s1. The van der Waals surface area contributed by atoms with Gasteiger partial charge in [0.2, 0.25) is 11.8 Å². The number of fused-ring (bicyclic) bond motifs is 7. The lowest BCUT2D eigenvalue weighted by Gasteiger charge is -2.76. The number of ether oxygens (including phenoxy) is 1. The number of aliphatic carboxylic acids is 1. The minimum absolute atomic E-state index is 0.0111. The summed E-state index contributed by atoms with van der Waals surface area (Å²) < 4.78 is 6.62. The van der Waals surface area contributed by atoms with Crippen LogP contribution in [0.25, 0.3) is 0 Å². The zero-order valence-electron chi connectivity index (χ0n) is 39.5. The molecular formula is C50H79N3O7. The van der Waals surface area contributed by atoms with E-state index in [2.05, 4.69) is 59.1 Å². The number of carboxylic acids is 1. The summed E-state index contributed by atoms with van der Waals surface area (Å²) >= 11 is 0. The molecule has 0 heterocycles. The summed E-state index contributed by atoms with van der Waals surface area (Å²) in [4.78, 5) is 68.5. The van der Waals surface area contributed by atoms with Crippen molar-refractivity contribution in [2.45, 2.75) is 171 Å². The van der Waals surface area contributed by atoms with Crippen molar-refractivity contribution in [3.63, 3.8) is 0 Å². The van der Waals surface area contributed by atoms with E-state index >= 15 is 0 Å². The Morgan fingerprint density at radius 3 is 2.07 bits per heavy atom. The van der Waals surface area contributed by atoms with Crippen LogP contribution in [-0.4, -0.2) is 78.4 Å². The van der Waals surface area contributed by atoms with Crippen LogP contribution < -0.4 is 10.6 Å². The molecule has 7 rings (SSSR count). The van der Waals surface area contributed by atoms with Crippen molar-refractivity contribution in [2.75, 3.05) is 27.2 Å². The summed E-state index contributed by atoms with van der Waals surface area (Å²) in [5, 5.41) is 16.0. The molecule has 0 aromatic rings. The summed E-state index contributed by atoms with van der Waals surface area (Å²) in [6, 6.07) is 0. The summed E-state index contributed by atoms with van der Waals surface area (Å²) in [7, 11) is 3.72. The molecule has 6 fully saturated rings. The van der Waals surface area contributed by atoms with Crippen molar-refractivity contribution >= 4 is 29.5 Å². The lowest BCUT2D eigenvalue weighted by Crippen LogP contribution is -2.71. The minimum atomic E-state index is -0.830. The zero-order valence-corrected chi connectivity index (χ0v) is 39.5. The molecule has 0 bridgehead atoms. The fourth-order valence-corrected chi connectivity index (χ4v) is 16.2. The van der Waals surface area contributed by atoms with Gasteiger partial charge in [-0.3, -0.25) is 24.0 Å². The van der Waals surface area contributed by atoms with Gasteiger partial charge in [-0.15, -0.1) is 0 Å². The molecule has 0 aromatic carbocycles. The van der Waals surface area contributed by atoms with Crippen LogP contribution in [-0.2, 0) is 28.7 Å². The molecule has 6 saturated carbocycles. The fourth-order valence-electron chi connectivity index (χ4n) is 16.2. The van der Waals surface area contributed by atoms with E-state index in [1.165, 1.54) is 18.4 Å². The Morgan fingerprint density at radius 2 is 1.48 bits per heavy atom. The van der Waals surface area contributed by atoms with Crippen molar-refractivity contribution in [3.8, 4) is 0 Å². The van der Waals surface area contributed by atoms with E-state index in [4.69, 9.17) is 4.74 Å². The molecule has 0 aliphatic heterocycles. The van der Waals surface area contributed by atoms with Gasteiger partial charge in [-0.2, -0.15) is 0 Å². The van der Waals surface area contributed by atoms with Gasteiger partial charge in [-0.05, 0) is 155 Å². The number of nitrogens with zero attached hydrogens (tertiary/aromatic N) is 1. The summed E-state index contributed by atoms with van der Waals surface area (Å²) in [5.41, 5.74) is 0.342. The summed E-state index contributed by atoms with van der Waals surface area (Å²) in [6.45, 7) is 25.1. The molecule has 7 aliphatic carbocycles. The third-order valence-electron chi connectivity index (χ3n) is 19.6. The number of Topliss-reactive ketones (excluding diaryl/α,β-unsaturated/α-hetero) is 1. The molecule has 0 radical (unpaired) electrons. The Labute approximate surface area is 360 Å². The number of hydrogen-bond acceptors (Lipinski definition) is 7. The predicted molar refractivity (Wildman–Crippen MR) is 232 cm³/mol. The number of carbonyl (C=O) groups excluding carboxylic acids is 4. The van der Waals surface area contributed by atoms with Crippen molar-refractivity contribution < 1.29 is 33.8 Å². The average molecular weight is 834 g/mol. The molecule has 0 spiro atoms. The van der Waals surface area contributed by atoms with E-state index in [0.717, 1.165) is 56.9 Å². The molecule has 10 atom stereocenters. The first kappa shape index (κ1) is 45.3. The first-order valence-corrected chi connectivity index (χ1v) is 23.6. The van der Waals surface area contributed by atoms with Gasteiger partial charge in [0.05, 0.1) is 23.9 Å². The molecule has 0 aromatic heterocycles. The first-order chi connectivity index (χ1) is 27.6.